The first-order valence-corrected chi connectivity index (χ1v) is 7.16. The number of rotatable bonds is 5. The SMILES string of the molecule is C=CC(=O)N1C[C@@H](OCc2cccc(C(F)(F)F)c2)C[C@H]1C(=O)O. The molecule has 0 unspecified atom stereocenters. The lowest BCUT2D eigenvalue weighted by atomic mass is 10.1. The second-order valence-corrected chi connectivity index (χ2v) is 5.42. The van der Waals surface area contributed by atoms with Gasteiger partial charge in [0.2, 0.25) is 5.91 Å². The Bertz CT molecular complexity index is 644. The molecule has 1 fully saturated rings. The fraction of sp³-hybridized carbons (Fsp3) is 0.375. The molecule has 1 saturated heterocycles. The number of alkyl halides is 3. The van der Waals surface area contributed by atoms with Gasteiger partial charge >= 0.3 is 12.1 Å². The average molecular weight is 343 g/mol. The van der Waals surface area contributed by atoms with Crippen molar-refractivity contribution in [3.8, 4) is 0 Å². The Balaban J connectivity index is 2.01. The van der Waals surface area contributed by atoms with E-state index in [1.165, 1.54) is 12.1 Å². The van der Waals surface area contributed by atoms with E-state index in [2.05, 4.69) is 6.58 Å². The smallest absolute Gasteiger partial charge is 0.416 e. The summed E-state index contributed by atoms with van der Waals surface area (Å²) in [5.41, 5.74) is -0.452. The zero-order valence-corrected chi connectivity index (χ0v) is 12.6. The zero-order chi connectivity index (χ0) is 17.9. The van der Waals surface area contributed by atoms with E-state index < -0.39 is 35.8 Å². The van der Waals surface area contributed by atoms with Gasteiger partial charge in [0.15, 0.2) is 0 Å². The Labute approximate surface area is 136 Å². The largest absolute Gasteiger partial charge is 0.480 e. The fourth-order valence-corrected chi connectivity index (χ4v) is 2.56. The number of hydrogen-bond donors (Lipinski definition) is 1. The summed E-state index contributed by atoms with van der Waals surface area (Å²) in [4.78, 5) is 24.0. The molecular weight excluding hydrogens is 327 g/mol. The summed E-state index contributed by atoms with van der Waals surface area (Å²) in [6.07, 6.45) is -3.91. The van der Waals surface area contributed by atoms with Gasteiger partial charge in [-0.25, -0.2) is 4.79 Å². The van der Waals surface area contributed by atoms with Crippen molar-refractivity contribution >= 4 is 11.9 Å². The molecule has 1 aromatic rings. The van der Waals surface area contributed by atoms with Gasteiger partial charge in [-0.1, -0.05) is 18.7 Å². The summed E-state index contributed by atoms with van der Waals surface area (Å²) in [5.74, 6) is -1.68. The number of nitrogens with zero attached hydrogens (tertiary/aromatic N) is 1. The minimum Gasteiger partial charge on any atom is -0.480 e. The van der Waals surface area contributed by atoms with Crippen LogP contribution < -0.4 is 0 Å². The first kappa shape index (κ1) is 18.0. The Morgan fingerprint density at radius 3 is 2.71 bits per heavy atom. The van der Waals surface area contributed by atoms with Crippen molar-refractivity contribution in [3.05, 3.63) is 48.0 Å². The third kappa shape index (κ3) is 4.14. The van der Waals surface area contributed by atoms with Gasteiger partial charge in [-0.3, -0.25) is 4.79 Å². The monoisotopic (exact) mass is 343 g/mol. The Morgan fingerprint density at radius 2 is 2.12 bits per heavy atom. The van der Waals surface area contributed by atoms with Crippen LogP contribution in [0.2, 0.25) is 0 Å². The molecule has 5 nitrogen and oxygen atoms in total. The van der Waals surface area contributed by atoms with Crippen molar-refractivity contribution in [1.82, 2.24) is 4.90 Å². The molecule has 2 atom stereocenters. The summed E-state index contributed by atoms with van der Waals surface area (Å²) in [6, 6.07) is 3.69. The van der Waals surface area contributed by atoms with Crippen LogP contribution in [0.5, 0.6) is 0 Å². The number of benzene rings is 1. The van der Waals surface area contributed by atoms with E-state index in [0.717, 1.165) is 23.1 Å². The molecule has 0 radical (unpaired) electrons. The average Bonchev–Trinajstić information content (AvgIpc) is 2.96. The van der Waals surface area contributed by atoms with Gasteiger partial charge in [0.25, 0.3) is 0 Å². The molecule has 0 saturated carbocycles. The first-order valence-electron chi connectivity index (χ1n) is 7.16. The van der Waals surface area contributed by atoms with E-state index in [1.807, 2.05) is 0 Å². The molecule has 24 heavy (non-hydrogen) atoms. The van der Waals surface area contributed by atoms with Crippen molar-refractivity contribution in [2.75, 3.05) is 6.54 Å². The molecule has 0 aromatic heterocycles. The molecule has 1 N–H and O–H groups in total. The van der Waals surface area contributed by atoms with Crippen LogP contribution in [0.3, 0.4) is 0 Å². The molecule has 0 aliphatic carbocycles. The summed E-state index contributed by atoms with van der Waals surface area (Å²) in [7, 11) is 0. The Hall–Kier alpha value is -2.35. The molecule has 0 spiro atoms. The first-order chi connectivity index (χ1) is 11.2. The van der Waals surface area contributed by atoms with E-state index >= 15 is 0 Å². The van der Waals surface area contributed by atoms with E-state index in [9.17, 15) is 22.8 Å². The van der Waals surface area contributed by atoms with E-state index in [0.29, 0.717) is 5.56 Å². The summed E-state index contributed by atoms with van der Waals surface area (Å²) >= 11 is 0. The van der Waals surface area contributed by atoms with Gasteiger partial charge in [-0.05, 0) is 23.8 Å². The third-order valence-corrected chi connectivity index (χ3v) is 3.75. The van der Waals surface area contributed by atoms with Crippen molar-refractivity contribution in [2.45, 2.75) is 31.3 Å². The van der Waals surface area contributed by atoms with Crippen LogP contribution in [0.1, 0.15) is 17.5 Å². The number of likely N-dealkylation sites (tertiary alicyclic amines) is 1. The Kier molecular flexibility index (Phi) is 5.28. The van der Waals surface area contributed by atoms with Crippen molar-refractivity contribution in [1.29, 1.82) is 0 Å². The molecular formula is C16H16F3NO4. The standard InChI is InChI=1S/C16H16F3NO4/c1-2-14(21)20-8-12(7-13(20)15(22)23)24-9-10-4-3-5-11(6-10)16(17,18)19/h2-6,12-13H,1,7-9H2,(H,22,23)/t12-,13-/m0/s1. The predicted molar refractivity (Wildman–Crippen MR) is 78.0 cm³/mol. The molecule has 1 aliphatic rings. The fourth-order valence-electron chi connectivity index (χ4n) is 2.56. The highest BCUT2D eigenvalue weighted by Crippen LogP contribution is 2.30. The molecule has 0 bridgehead atoms. The number of aliphatic carboxylic acids is 1. The second-order valence-electron chi connectivity index (χ2n) is 5.42. The lowest BCUT2D eigenvalue weighted by Crippen LogP contribution is -2.39. The van der Waals surface area contributed by atoms with Crippen LogP contribution in [-0.4, -0.2) is 40.6 Å². The quantitative estimate of drug-likeness (QED) is 0.834. The highest BCUT2D eigenvalue weighted by atomic mass is 19.4. The molecule has 8 heteroatoms. The molecule has 1 aromatic carbocycles. The van der Waals surface area contributed by atoms with Gasteiger partial charge in [-0.15, -0.1) is 0 Å². The lowest BCUT2D eigenvalue weighted by Gasteiger charge is -2.19. The summed E-state index contributed by atoms with van der Waals surface area (Å²) < 4.78 is 43.5. The van der Waals surface area contributed by atoms with Crippen LogP contribution in [0.25, 0.3) is 0 Å². The van der Waals surface area contributed by atoms with Gasteiger partial charge < -0.3 is 14.7 Å². The molecule has 2 rings (SSSR count). The molecule has 1 heterocycles. The predicted octanol–water partition coefficient (Wildman–Crippen LogP) is 2.46. The summed E-state index contributed by atoms with van der Waals surface area (Å²) in [6.45, 7) is 3.27. The van der Waals surface area contributed by atoms with Gasteiger partial charge in [0.05, 0.1) is 18.3 Å². The third-order valence-electron chi connectivity index (χ3n) is 3.75. The highest BCUT2D eigenvalue weighted by molar-refractivity contribution is 5.91. The van der Waals surface area contributed by atoms with Crippen molar-refractivity contribution in [2.24, 2.45) is 0 Å². The van der Waals surface area contributed by atoms with Gasteiger partial charge in [0.1, 0.15) is 6.04 Å². The molecule has 1 amide bonds. The van der Waals surface area contributed by atoms with Crippen LogP contribution in [0.4, 0.5) is 13.2 Å². The van der Waals surface area contributed by atoms with E-state index in [4.69, 9.17) is 9.84 Å². The summed E-state index contributed by atoms with van der Waals surface area (Å²) in [5, 5.41) is 9.15. The maximum atomic E-state index is 12.7. The number of carbonyl (C=O) groups is 2. The lowest BCUT2D eigenvalue weighted by molar-refractivity contribution is -0.146. The number of carboxylic acid groups (broad SMARTS) is 1. The van der Waals surface area contributed by atoms with Crippen LogP contribution in [-0.2, 0) is 27.1 Å². The minimum absolute atomic E-state index is 0.0563. The molecule has 1 aliphatic heterocycles. The topological polar surface area (TPSA) is 66.8 Å². The normalized spacial score (nSPS) is 20.9. The minimum atomic E-state index is -4.44. The number of amides is 1. The van der Waals surface area contributed by atoms with Gasteiger partial charge in [0, 0.05) is 13.0 Å². The van der Waals surface area contributed by atoms with Crippen LogP contribution >= 0.6 is 0 Å². The van der Waals surface area contributed by atoms with E-state index in [1.54, 1.807) is 0 Å². The number of carbonyl (C=O) groups excluding carboxylic acids is 1. The molecule has 130 valence electrons. The number of halogens is 3. The highest BCUT2D eigenvalue weighted by Gasteiger charge is 2.39. The van der Waals surface area contributed by atoms with Crippen molar-refractivity contribution < 1.29 is 32.6 Å². The zero-order valence-electron chi connectivity index (χ0n) is 12.6. The Morgan fingerprint density at radius 1 is 1.42 bits per heavy atom. The number of hydrogen-bond acceptors (Lipinski definition) is 3. The maximum Gasteiger partial charge on any atom is 0.416 e. The maximum absolute atomic E-state index is 12.7. The number of carboxylic acids is 1. The second kappa shape index (κ2) is 7.04. The van der Waals surface area contributed by atoms with Crippen molar-refractivity contribution in [3.63, 3.8) is 0 Å². The van der Waals surface area contributed by atoms with Crippen LogP contribution in [0, 0.1) is 0 Å². The van der Waals surface area contributed by atoms with E-state index in [-0.39, 0.29) is 19.6 Å². The van der Waals surface area contributed by atoms with Crippen LogP contribution in [0.15, 0.2) is 36.9 Å². The number of ether oxygens (including phenoxy) is 1. The van der Waals surface area contributed by atoms with Gasteiger partial charge in [-0.2, -0.15) is 13.2 Å².